The number of phenols is 1. The van der Waals surface area contributed by atoms with Gasteiger partial charge in [0.25, 0.3) is 5.91 Å². The van der Waals surface area contributed by atoms with Crippen molar-refractivity contribution in [3.63, 3.8) is 0 Å². The SMILES string of the molecule is O=C(Nc1ccc(F)cc1)C(O)(c1ccccc1)c1ccc(O)cc1. The molecule has 0 saturated heterocycles. The molecule has 0 fully saturated rings. The Morgan fingerprint density at radius 2 is 1.40 bits per heavy atom. The lowest BCUT2D eigenvalue weighted by Gasteiger charge is -2.28. The fourth-order valence-corrected chi connectivity index (χ4v) is 2.57. The van der Waals surface area contributed by atoms with Crippen LogP contribution >= 0.6 is 0 Å². The number of aliphatic hydroxyl groups is 1. The summed E-state index contributed by atoms with van der Waals surface area (Å²) >= 11 is 0. The Balaban J connectivity index is 2.03. The third-order valence-corrected chi connectivity index (χ3v) is 3.91. The topological polar surface area (TPSA) is 69.6 Å². The molecule has 0 bridgehead atoms. The van der Waals surface area contributed by atoms with Crippen LogP contribution in [0.15, 0.2) is 78.9 Å². The molecule has 1 amide bonds. The molecule has 1 atom stereocenters. The Morgan fingerprint density at radius 1 is 0.840 bits per heavy atom. The highest BCUT2D eigenvalue weighted by Crippen LogP contribution is 2.32. The molecule has 126 valence electrons. The summed E-state index contributed by atoms with van der Waals surface area (Å²) in [5.41, 5.74) is -0.931. The lowest BCUT2D eigenvalue weighted by Crippen LogP contribution is -2.41. The number of rotatable bonds is 4. The molecular formula is C20H16FNO3. The van der Waals surface area contributed by atoms with Gasteiger partial charge in [0.2, 0.25) is 0 Å². The summed E-state index contributed by atoms with van der Waals surface area (Å²) in [6.07, 6.45) is 0. The number of hydrogen-bond donors (Lipinski definition) is 3. The zero-order valence-electron chi connectivity index (χ0n) is 13.2. The van der Waals surface area contributed by atoms with Crippen molar-refractivity contribution in [3.05, 3.63) is 95.8 Å². The van der Waals surface area contributed by atoms with Crippen LogP contribution in [0.25, 0.3) is 0 Å². The largest absolute Gasteiger partial charge is 0.508 e. The summed E-state index contributed by atoms with van der Waals surface area (Å²) in [6.45, 7) is 0. The molecule has 0 aromatic heterocycles. The van der Waals surface area contributed by atoms with Crippen molar-refractivity contribution in [3.8, 4) is 5.75 Å². The van der Waals surface area contributed by atoms with Crippen LogP contribution in [0.2, 0.25) is 0 Å². The van der Waals surface area contributed by atoms with E-state index in [0.717, 1.165) is 0 Å². The molecule has 0 aliphatic carbocycles. The summed E-state index contributed by atoms with van der Waals surface area (Å²) in [4.78, 5) is 12.9. The average molecular weight is 337 g/mol. The van der Waals surface area contributed by atoms with Crippen LogP contribution in [0.4, 0.5) is 10.1 Å². The van der Waals surface area contributed by atoms with Gasteiger partial charge >= 0.3 is 0 Å². The molecule has 0 spiro atoms. The number of carbonyl (C=O) groups excluding carboxylic acids is 1. The van der Waals surface area contributed by atoms with Gasteiger partial charge in [-0.3, -0.25) is 4.79 Å². The molecule has 0 heterocycles. The van der Waals surface area contributed by atoms with E-state index in [-0.39, 0.29) is 5.75 Å². The lowest BCUT2D eigenvalue weighted by molar-refractivity contribution is -0.131. The minimum Gasteiger partial charge on any atom is -0.508 e. The van der Waals surface area contributed by atoms with Crippen molar-refractivity contribution in [1.82, 2.24) is 0 Å². The molecule has 3 aromatic carbocycles. The molecule has 0 saturated carbocycles. The second-order valence-electron chi connectivity index (χ2n) is 5.58. The lowest BCUT2D eigenvalue weighted by atomic mass is 9.85. The Kier molecular flexibility index (Phi) is 4.50. The molecule has 0 aliphatic rings. The van der Waals surface area contributed by atoms with Crippen molar-refractivity contribution in [2.75, 3.05) is 5.32 Å². The average Bonchev–Trinajstić information content (AvgIpc) is 2.64. The molecule has 1 unspecified atom stereocenters. The van der Waals surface area contributed by atoms with E-state index < -0.39 is 17.3 Å². The van der Waals surface area contributed by atoms with Crippen LogP contribution in [-0.4, -0.2) is 16.1 Å². The summed E-state index contributed by atoms with van der Waals surface area (Å²) in [7, 11) is 0. The van der Waals surface area contributed by atoms with Crippen LogP contribution in [0.1, 0.15) is 11.1 Å². The Labute approximate surface area is 144 Å². The zero-order valence-corrected chi connectivity index (χ0v) is 13.2. The number of hydrogen-bond acceptors (Lipinski definition) is 3. The van der Waals surface area contributed by atoms with Crippen molar-refractivity contribution in [1.29, 1.82) is 0 Å². The smallest absolute Gasteiger partial charge is 0.265 e. The summed E-state index contributed by atoms with van der Waals surface area (Å²) in [5.74, 6) is -1.08. The highest BCUT2D eigenvalue weighted by Gasteiger charge is 2.40. The van der Waals surface area contributed by atoms with E-state index in [1.807, 2.05) is 0 Å². The highest BCUT2D eigenvalue weighted by atomic mass is 19.1. The zero-order chi connectivity index (χ0) is 17.9. The normalized spacial score (nSPS) is 13.0. The van der Waals surface area contributed by atoms with Gasteiger partial charge in [0.1, 0.15) is 11.6 Å². The summed E-state index contributed by atoms with van der Waals surface area (Å²) in [5, 5.41) is 23.3. The van der Waals surface area contributed by atoms with E-state index >= 15 is 0 Å². The molecule has 0 aliphatic heterocycles. The van der Waals surface area contributed by atoms with E-state index in [9.17, 15) is 19.4 Å². The number of nitrogens with one attached hydrogen (secondary N) is 1. The maximum atomic E-state index is 13.0. The monoisotopic (exact) mass is 337 g/mol. The van der Waals surface area contributed by atoms with Crippen molar-refractivity contribution < 1.29 is 19.4 Å². The van der Waals surface area contributed by atoms with Gasteiger partial charge < -0.3 is 15.5 Å². The van der Waals surface area contributed by atoms with E-state index in [2.05, 4.69) is 5.32 Å². The minimum atomic E-state index is -1.97. The van der Waals surface area contributed by atoms with Gasteiger partial charge in [0, 0.05) is 5.69 Å². The van der Waals surface area contributed by atoms with E-state index in [4.69, 9.17) is 0 Å². The maximum absolute atomic E-state index is 13.0. The number of carbonyl (C=O) groups is 1. The molecule has 25 heavy (non-hydrogen) atoms. The first-order chi connectivity index (χ1) is 12.0. The van der Waals surface area contributed by atoms with Gasteiger partial charge in [-0.05, 0) is 47.5 Å². The van der Waals surface area contributed by atoms with E-state index in [1.165, 1.54) is 48.5 Å². The third-order valence-electron chi connectivity index (χ3n) is 3.91. The summed E-state index contributed by atoms with van der Waals surface area (Å²) < 4.78 is 13.0. The number of amides is 1. The van der Waals surface area contributed by atoms with Crippen molar-refractivity contribution in [2.24, 2.45) is 0 Å². The Bertz CT molecular complexity index is 864. The minimum absolute atomic E-state index is 0.0260. The number of halogens is 1. The van der Waals surface area contributed by atoms with Crippen LogP contribution in [0.5, 0.6) is 5.75 Å². The van der Waals surface area contributed by atoms with Gasteiger partial charge in [-0.2, -0.15) is 0 Å². The fraction of sp³-hybridized carbons (Fsp3) is 0.0500. The first-order valence-corrected chi connectivity index (χ1v) is 7.64. The summed E-state index contributed by atoms with van der Waals surface area (Å²) in [6, 6.07) is 19.5. The van der Waals surface area contributed by atoms with Gasteiger partial charge in [-0.15, -0.1) is 0 Å². The molecule has 3 aromatic rings. The number of aromatic hydroxyl groups is 1. The highest BCUT2D eigenvalue weighted by molar-refractivity contribution is 6.00. The molecular weight excluding hydrogens is 321 g/mol. The molecule has 0 radical (unpaired) electrons. The number of phenolic OH excluding ortho intramolecular Hbond substituents is 1. The van der Waals surface area contributed by atoms with Crippen LogP contribution in [-0.2, 0) is 10.4 Å². The van der Waals surface area contributed by atoms with E-state index in [1.54, 1.807) is 30.3 Å². The third kappa shape index (κ3) is 3.36. The van der Waals surface area contributed by atoms with Crippen LogP contribution in [0, 0.1) is 5.82 Å². The number of benzene rings is 3. The number of anilines is 1. The second kappa shape index (κ2) is 6.75. The van der Waals surface area contributed by atoms with E-state index in [0.29, 0.717) is 16.8 Å². The van der Waals surface area contributed by atoms with Gasteiger partial charge in [-0.25, -0.2) is 4.39 Å². The predicted molar refractivity (Wildman–Crippen MR) is 92.6 cm³/mol. The first-order valence-electron chi connectivity index (χ1n) is 7.64. The van der Waals surface area contributed by atoms with Crippen molar-refractivity contribution in [2.45, 2.75) is 5.60 Å². The quantitative estimate of drug-likeness (QED) is 0.683. The van der Waals surface area contributed by atoms with Crippen LogP contribution in [0.3, 0.4) is 0 Å². The van der Waals surface area contributed by atoms with Crippen molar-refractivity contribution >= 4 is 11.6 Å². The fourth-order valence-electron chi connectivity index (χ4n) is 2.57. The van der Waals surface area contributed by atoms with Crippen LogP contribution < -0.4 is 5.32 Å². The molecule has 3 rings (SSSR count). The Hall–Kier alpha value is -3.18. The Morgan fingerprint density at radius 3 is 2.00 bits per heavy atom. The van der Waals surface area contributed by atoms with Gasteiger partial charge in [0.15, 0.2) is 5.60 Å². The first kappa shape index (κ1) is 16.7. The maximum Gasteiger partial charge on any atom is 0.265 e. The predicted octanol–water partition coefficient (Wildman–Crippen LogP) is 3.41. The van der Waals surface area contributed by atoms with Gasteiger partial charge in [0.05, 0.1) is 0 Å². The molecule has 5 heteroatoms. The second-order valence-corrected chi connectivity index (χ2v) is 5.58. The standard InChI is InChI=1S/C20H16FNO3/c21-16-8-10-17(11-9-16)22-19(24)20(25,14-4-2-1-3-5-14)15-6-12-18(23)13-7-15/h1-13,23,25H,(H,22,24). The molecule has 4 nitrogen and oxygen atoms in total. The van der Waals surface area contributed by atoms with Gasteiger partial charge in [-0.1, -0.05) is 42.5 Å². The molecule has 3 N–H and O–H groups in total.